The lowest BCUT2D eigenvalue weighted by atomic mass is 10.2. The van der Waals surface area contributed by atoms with Gasteiger partial charge in [-0.2, -0.15) is 0 Å². The molecular weight excluding hydrogens is 238 g/mol. The minimum Gasteiger partial charge on any atom is -0.495 e. The normalized spacial score (nSPS) is 10.2. The number of pyridine rings is 1. The van der Waals surface area contributed by atoms with Gasteiger partial charge in [0.05, 0.1) is 18.5 Å². The first kappa shape index (κ1) is 13.2. The fourth-order valence-electron chi connectivity index (χ4n) is 2.06. The van der Waals surface area contributed by atoms with E-state index in [4.69, 9.17) is 10.5 Å². The zero-order chi connectivity index (χ0) is 13.7. The molecule has 0 bridgehead atoms. The molecule has 0 amide bonds. The van der Waals surface area contributed by atoms with E-state index < -0.39 is 0 Å². The van der Waals surface area contributed by atoms with Crippen molar-refractivity contribution in [3.63, 3.8) is 0 Å². The molecule has 0 saturated carbocycles. The van der Waals surface area contributed by atoms with E-state index in [9.17, 15) is 0 Å². The van der Waals surface area contributed by atoms with Crippen molar-refractivity contribution < 1.29 is 4.74 Å². The van der Waals surface area contributed by atoms with E-state index in [0.29, 0.717) is 11.4 Å². The van der Waals surface area contributed by atoms with Crippen LogP contribution >= 0.6 is 0 Å². The summed E-state index contributed by atoms with van der Waals surface area (Å²) in [7, 11) is 1.63. The van der Waals surface area contributed by atoms with E-state index in [-0.39, 0.29) is 0 Å². The predicted molar refractivity (Wildman–Crippen MR) is 78.4 cm³/mol. The molecule has 0 saturated heterocycles. The van der Waals surface area contributed by atoms with Gasteiger partial charge in [-0.05, 0) is 36.8 Å². The molecule has 19 heavy (non-hydrogen) atoms. The fraction of sp³-hybridized carbons (Fsp3) is 0.267. The van der Waals surface area contributed by atoms with Gasteiger partial charge in [0.1, 0.15) is 5.75 Å². The molecule has 100 valence electrons. The SMILES string of the molecule is CCN(Cc1ccncc1)c1cccc(OC)c1N. The molecule has 0 radical (unpaired) electrons. The van der Waals surface area contributed by atoms with E-state index >= 15 is 0 Å². The molecule has 4 nitrogen and oxygen atoms in total. The monoisotopic (exact) mass is 257 g/mol. The first-order chi connectivity index (χ1) is 9.26. The number of rotatable bonds is 5. The molecule has 1 heterocycles. The highest BCUT2D eigenvalue weighted by Gasteiger charge is 2.11. The quantitative estimate of drug-likeness (QED) is 0.837. The van der Waals surface area contributed by atoms with Crippen LogP contribution in [0.15, 0.2) is 42.7 Å². The second kappa shape index (κ2) is 6.09. The highest BCUT2D eigenvalue weighted by atomic mass is 16.5. The number of ether oxygens (including phenoxy) is 1. The zero-order valence-electron chi connectivity index (χ0n) is 11.3. The summed E-state index contributed by atoms with van der Waals surface area (Å²) in [6, 6.07) is 9.87. The van der Waals surface area contributed by atoms with Gasteiger partial charge in [0.15, 0.2) is 0 Å². The lowest BCUT2D eigenvalue weighted by Gasteiger charge is -2.25. The third-order valence-electron chi connectivity index (χ3n) is 3.11. The fourth-order valence-corrected chi connectivity index (χ4v) is 2.06. The molecule has 2 N–H and O–H groups in total. The van der Waals surface area contributed by atoms with Crippen LogP contribution in [0.25, 0.3) is 0 Å². The van der Waals surface area contributed by atoms with E-state index in [2.05, 4.69) is 16.8 Å². The summed E-state index contributed by atoms with van der Waals surface area (Å²) in [6.45, 7) is 3.79. The molecule has 4 heteroatoms. The largest absolute Gasteiger partial charge is 0.495 e. The van der Waals surface area contributed by atoms with Crippen LogP contribution in [0, 0.1) is 0 Å². The van der Waals surface area contributed by atoms with Crippen LogP contribution in [0.4, 0.5) is 11.4 Å². The van der Waals surface area contributed by atoms with Crippen molar-refractivity contribution in [3.8, 4) is 5.75 Å². The first-order valence-corrected chi connectivity index (χ1v) is 6.32. The molecule has 0 aliphatic carbocycles. The third-order valence-corrected chi connectivity index (χ3v) is 3.11. The van der Waals surface area contributed by atoms with Gasteiger partial charge in [-0.15, -0.1) is 0 Å². The Hall–Kier alpha value is -2.23. The molecule has 0 fully saturated rings. The smallest absolute Gasteiger partial charge is 0.143 e. The van der Waals surface area contributed by atoms with Crippen molar-refractivity contribution in [1.82, 2.24) is 4.98 Å². The van der Waals surface area contributed by atoms with Crippen LogP contribution in [0.1, 0.15) is 12.5 Å². The predicted octanol–water partition coefficient (Wildman–Crippen LogP) is 2.70. The van der Waals surface area contributed by atoms with Crippen LogP contribution in [0.5, 0.6) is 5.75 Å². The Balaban J connectivity index is 2.27. The van der Waals surface area contributed by atoms with Gasteiger partial charge in [-0.25, -0.2) is 0 Å². The standard InChI is InChI=1S/C15H19N3O/c1-3-18(11-12-7-9-17-10-8-12)13-5-4-6-14(19-2)15(13)16/h4-10H,3,11,16H2,1-2H3. The van der Waals surface area contributed by atoms with Gasteiger partial charge >= 0.3 is 0 Å². The molecule has 1 aromatic heterocycles. The van der Waals surface area contributed by atoms with Crippen molar-refractivity contribution in [2.24, 2.45) is 0 Å². The van der Waals surface area contributed by atoms with Crippen LogP contribution in [0.3, 0.4) is 0 Å². The summed E-state index contributed by atoms with van der Waals surface area (Å²) in [5.74, 6) is 0.714. The van der Waals surface area contributed by atoms with Crippen LogP contribution in [0.2, 0.25) is 0 Å². The molecule has 0 aliphatic heterocycles. The Morgan fingerprint density at radius 1 is 1.21 bits per heavy atom. The minimum atomic E-state index is 0.681. The lowest BCUT2D eigenvalue weighted by molar-refractivity contribution is 0.417. The van der Waals surface area contributed by atoms with E-state index in [1.807, 2.05) is 30.3 Å². The Kier molecular flexibility index (Phi) is 4.23. The maximum absolute atomic E-state index is 6.14. The Morgan fingerprint density at radius 3 is 2.58 bits per heavy atom. The van der Waals surface area contributed by atoms with Gasteiger partial charge in [0.25, 0.3) is 0 Å². The first-order valence-electron chi connectivity index (χ1n) is 6.32. The number of benzene rings is 1. The number of para-hydroxylation sites is 1. The molecule has 2 aromatic rings. The van der Waals surface area contributed by atoms with Gasteiger partial charge in [-0.1, -0.05) is 6.07 Å². The maximum atomic E-state index is 6.14. The number of nitrogens with two attached hydrogens (primary N) is 1. The molecule has 0 spiro atoms. The number of hydrogen-bond acceptors (Lipinski definition) is 4. The topological polar surface area (TPSA) is 51.4 Å². The molecule has 0 atom stereocenters. The Labute approximate surface area is 113 Å². The number of aromatic nitrogens is 1. The lowest BCUT2D eigenvalue weighted by Crippen LogP contribution is -2.23. The van der Waals surface area contributed by atoms with Crippen molar-refractivity contribution in [3.05, 3.63) is 48.3 Å². The van der Waals surface area contributed by atoms with Crippen molar-refractivity contribution in [2.75, 3.05) is 24.3 Å². The summed E-state index contributed by atoms with van der Waals surface area (Å²) >= 11 is 0. The van der Waals surface area contributed by atoms with E-state index in [0.717, 1.165) is 18.8 Å². The zero-order valence-corrected chi connectivity index (χ0v) is 11.3. The number of nitrogens with zero attached hydrogens (tertiary/aromatic N) is 2. The number of nitrogen functional groups attached to an aromatic ring is 1. The van der Waals surface area contributed by atoms with Gasteiger partial charge in [-0.3, -0.25) is 4.98 Å². The van der Waals surface area contributed by atoms with Crippen LogP contribution in [-0.4, -0.2) is 18.6 Å². The Morgan fingerprint density at radius 2 is 1.95 bits per heavy atom. The summed E-state index contributed by atoms with van der Waals surface area (Å²) in [4.78, 5) is 6.25. The van der Waals surface area contributed by atoms with Crippen molar-refractivity contribution in [2.45, 2.75) is 13.5 Å². The van der Waals surface area contributed by atoms with E-state index in [1.54, 1.807) is 19.5 Å². The minimum absolute atomic E-state index is 0.681. The van der Waals surface area contributed by atoms with Crippen molar-refractivity contribution in [1.29, 1.82) is 0 Å². The second-order valence-corrected chi connectivity index (χ2v) is 4.26. The summed E-state index contributed by atoms with van der Waals surface area (Å²) in [5, 5.41) is 0. The highest BCUT2D eigenvalue weighted by Crippen LogP contribution is 2.32. The molecular formula is C15H19N3O. The van der Waals surface area contributed by atoms with Crippen LogP contribution < -0.4 is 15.4 Å². The van der Waals surface area contributed by atoms with Gasteiger partial charge < -0.3 is 15.4 Å². The summed E-state index contributed by atoms with van der Waals surface area (Å²) in [6.07, 6.45) is 3.61. The Bertz CT molecular complexity index is 528. The number of anilines is 2. The summed E-state index contributed by atoms with van der Waals surface area (Å²) < 4.78 is 5.27. The molecule has 2 rings (SSSR count). The van der Waals surface area contributed by atoms with Crippen LogP contribution in [-0.2, 0) is 6.54 Å². The summed E-state index contributed by atoms with van der Waals surface area (Å²) in [5.41, 5.74) is 9.03. The average Bonchev–Trinajstić information content (AvgIpc) is 2.46. The maximum Gasteiger partial charge on any atom is 0.143 e. The number of methoxy groups -OCH3 is 1. The van der Waals surface area contributed by atoms with Gasteiger partial charge in [0, 0.05) is 25.5 Å². The second-order valence-electron chi connectivity index (χ2n) is 4.26. The van der Waals surface area contributed by atoms with Crippen molar-refractivity contribution >= 4 is 11.4 Å². The third kappa shape index (κ3) is 2.96. The van der Waals surface area contributed by atoms with Gasteiger partial charge in [0.2, 0.25) is 0 Å². The highest BCUT2D eigenvalue weighted by molar-refractivity contribution is 5.74. The average molecular weight is 257 g/mol. The number of hydrogen-bond donors (Lipinski definition) is 1. The van der Waals surface area contributed by atoms with E-state index in [1.165, 1.54) is 5.56 Å². The molecule has 1 aromatic carbocycles. The molecule has 0 aliphatic rings. The molecule has 0 unspecified atom stereocenters.